The summed E-state index contributed by atoms with van der Waals surface area (Å²) in [5.74, 6) is -0.00576. The molecule has 3 rings (SSSR count). The molecule has 7 heteroatoms. The van der Waals surface area contributed by atoms with Crippen molar-refractivity contribution in [3.05, 3.63) is 29.8 Å². The first-order valence-electron chi connectivity index (χ1n) is 9.81. The Morgan fingerprint density at radius 3 is 2.14 bits per heavy atom. The van der Waals surface area contributed by atoms with Gasteiger partial charge in [-0.05, 0) is 48.8 Å². The van der Waals surface area contributed by atoms with Crippen LogP contribution in [0.4, 0.5) is 5.69 Å². The van der Waals surface area contributed by atoms with Crippen molar-refractivity contribution in [1.82, 2.24) is 5.32 Å². The number of carbonyl (C=O) groups is 1. The zero-order chi connectivity index (χ0) is 18.8. The van der Waals surface area contributed by atoms with Crippen molar-refractivity contribution in [1.29, 1.82) is 0 Å². The number of amides is 1. The Morgan fingerprint density at radius 1 is 1.11 bits per heavy atom. The molecule has 1 aromatic rings. The van der Waals surface area contributed by atoms with E-state index >= 15 is 0 Å². The number of benzene rings is 1. The average Bonchev–Trinajstić information content (AvgIpc) is 2.62. The van der Waals surface area contributed by atoms with Crippen molar-refractivity contribution in [3.63, 3.8) is 0 Å². The zero-order valence-electron chi connectivity index (χ0n) is 17.2. The predicted molar refractivity (Wildman–Crippen MR) is 120 cm³/mol. The van der Waals surface area contributed by atoms with Crippen molar-refractivity contribution < 1.29 is 9.53 Å². The van der Waals surface area contributed by atoms with Gasteiger partial charge in [0.1, 0.15) is 0 Å². The fraction of sp³-hybridized carbons (Fsp3) is 0.667. The van der Waals surface area contributed by atoms with Crippen molar-refractivity contribution in [2.75, 3.05) is 31.2 Å². The number of anilines is 1. The molecule has 0 saturated carbocycles. The van der Waals surface area contributed by atoms with E-state index in [1.165, 1.54) is 11.3 Å². The molecule has 0 spiro atoms. The first-order chi connectivity index (χ1) is 12.3. The van der Waals surface area contributed by atoms with Gasteiger partial charge in [0.2, 0.25) is 5.91 Å². The topological polar surface area (TPSA) is 67.6 Å². The maximum atomic E-state index is 12.6. The molecule has 2 aliphatic rings. The van der Waals surface area contributed by atoms with Gasteiger partial charge in [-0.25, -0.2) is 0 Å². The largest absolute Gasteiger partial charge is 0.381 e. The van der Waals surface area contributed by atoms with Crippen LogP contribution in [0.25, 0.3) is 0 Å². The lowest BCUT2D eigenvalue weighted by atomic mass is 9.87. The third kappa shape index (κ3) is 5.99. The molecule has 0 unspecified atom stereocenters. The number of halogens is 2. The molecule has 2 saturated heterocycles. The van der Waals surface area contributed by atoms with Gasteiger partial charge < -0.3 is 20.7 Å². The number of hydrogen-bond donors (Lipinski definition) is 2. The number of carbonyl (C=O) groups excluding carboxylic acids is 1. The number of nitrogens with zero attached hydrogens (tertiary/aromatic N) is 1. The Hall–Kier alpha value is -1.01. The lowest BCUT2D eigenvalue weighted by molar-refractivity contribution is -0.130. The van der Waals surface area contributed by atoms with Crippen LogP contribution in [-0.4, -0.2) is 43.8 Å². The molecule has 160 valence electrons. The van der Waals surface area contributed by atoms with Crippen molar-refractivity contribution in [2.45, 2.75) is 63.5 Å². The number of rotatable bonds is 3. The molecule has 2 fully saturated rings. The smallest absolute Gasteiger partial charge is 0.240 e. The number of nitrogens with two attached hydrogens (primary N) is 1. The van der Waals surface area contributed by atoms with Crippen molar-refractivity contribution >= 4 is 36.4 Å². The van der Waals surface area contributed by atoms with Crippen molar-refractivity contribution in [2.24, 2.45) is 5.73 Å². The molecule has 0 bridgehead atoms. The van der Waals surface area contributed by atoms with E-state index in [-0.39, 0.29) is 42.2 Å². The summed E-state index contributed by atoms with van der Waals surface area (Å²) in [6, 6.07) is 9.11. The Morgan fingerprint density at radius 2 is 1.64 bits per heavy atom. The van der Waals surface area contributed by atoms with Crippen LogP contribution in [-0.2, 0) is 14.9 Å². The van der Waals surface area contributed by atoms with E-state index in [4.69, 9.17) is 10.5 Å². The van der Waals surface area contributed by atoms with E-state index in [1.54, 1.807) is 0 Å². The number of hydrogen-bond acceptors (Lipinski definition) is 4. The summed E-state index contributed by atoms with van der Waals surface area (Å²) in [4.78, 5) is 15.0. The molecular formula is C21H35Cl2N3O2. The SMILES string of the molecule is CC(C)(C)c1ccc(N2CCC(NC(=O)C3(N)CCOCC3)CC2)cc1.Cl.Cl. The van der Waals surface area contributed by atoms with Crippen LogP contribution in [0.5, 0.6) is 0 Å². The van der Waals surface area contributed by atoms with Crippen LogP contribution < -0.4 is 16.0 Å². The number of ether oxygens (including phenoxy) is 1. The first-order valence-corrected chi connectivity index (χ1v) is 9.81. The average molecular weight is 432 g/mol. The minimum absolute atomic E-state index is 0. The second-order valence-electron chi connectivity index (χ2n) is 8.80. The van der Waals surface area contributed by atoms with Crippen LogP contribution in [0, 0.1) is 0 Å². The highest BCUT2D eigenvalue weighted by Crippen LogP contribution is 2.27. The second kappa shape index (κ2) is 10.1. The van der Waals surface area contributed by atoms with Gasteiger partial charge in [-0.3, -0.25) is 4.79 Å². The van der Waals surface area contributed by atoms with Crippen LogP contribution >= 0.6 is 24.8 Å². The zero-order valence-corrected chi connectivity index (χ0v) is 18.8. The van der Waals surface area contributed by atoms with Crippen LogP contribution in [0.15, 0.2) is 24.3 Å². The third-order valence-corrected chi connectivity index (χ3v) is 5.77. The number of nitrogens with one attached hydrogen (secondary N) is 1. The highest BCUT2D eigenvalue weighted by Gasteiger charge is 2.37. The highest BCUT2D eigenvalue weighted by molar-refractivity contribution is 5.86. The highest BCUT2D eigenvalue weighted by atomic mass is 35.5. The predicted octanol–water partition coefficient (Wildman–Crippen LogP) is 3.42. The summed E-state index contributed by atoms with van der Waals surface area (Å²) in [5, 5.41) is 3.18. The standard InChI is InChI=1S/C21H33N3O2.2ClH/c1-20(2,3)16-4-6-18(7-5-16)24-12-8-17(9-13-24)23-19(25)21(22)10-14-26-15-11-21;;/h4-7,17H,8-15,22H2,1-3H3,(H,23,25);2*1H. The normalized spacial score (nSPS) is 19.9. The van der Waals surface area contributed by atoms with Crippen LogP contribution in [0.3, 0.4) is 0 Å². The summed E-state index contributed by atoms with van der Waals surface area (Å²) in [6.07, 6.45) is 3.13. The number of piperidine rings is 1. The minimum Gasteiger partial charge on any atom is -0.381 e. The van der Waals surface area contributed by atoms with E-state index in [9.17, 15) is 4.79 Å². The van der Waals surface area contributed by atoms with E-state index in [2.05, 4.69) is 55.3 Å². The third-order valence-electron chi connectivity index (χ3n) is 5.77. The van der Waals surface area contributed by atoms with Gasteiger partial charge >= 0.3 is 0 Å². The van der Waals surface area contributed by atoms with Gasteiger partial charge in [-0.1, -0.05) is 32.9 Å². The Balaban J connectivity index is 0.00000196. The van der Waals surface area contributed by atoms with Gasteiger partial charge in [0.15, 0.2) is 0 Å². The van der Waals surface area contributed by atoms with Gasteiger partial charge in [0, 0.05) is 38.0 Å². The minimum atomic E-state index is -0.752. The molecule has 1 aromatic carbocycles. The van der Waals surface area contributed by atoms with E-state index in [0.29, 0.717) is 26.1 Å². The quantitative estimate of drug-likeness (QED) is 0.768. The molecule has 3 N–H and O–H groups in total. The summed E-state index contributed by atoms with van der Waals surface area (Å²) >= 11 is 0. The molecule has 0 atom stereocenters. The molecule has 2 heterocycles. The molecule has 0 radical (unpaired) electrons. The Bertz CT molecular complexity index is 618. The monoisotopic (exact) mass is 431 g/mol. The molecule has 2 aliphatic heterocycles. The van der Waals surface area contributed by atoms with E-state index < -0.39 is 5.54 Å². The summed E-state index contributed by atoms with van der Waals surface area (Å²) < 4.78 is 5.33. The lowest BCUT2D eigenvalue weighted by Gasteiger charge is -2.37. The summed E-state index contributed by atoms with van der Waals surface area (Å²) in [7, 11) is 0. The van der Waals surface area contributed by atoms with Crippen LogP contribution in [0.2, 0.25) is 0 Å². The lowest BCUT2D eigenvalue weighted by Crippen LogP contribution is -2.59. The Kier molecular flexibility index (Phi) is 9.07. The van der Waals surface area contributed by atoms with Gasteiger partial charge in [0.05, 0.1) is 5.54 Å². The fourth-order valence-electron chi connectivity index (χ4n) is 3.75. The fourth-order valence-corrected chi connectivity index (χ4v) is 3.75. The van der Waals surface area contributed by atoms with E-state index in [1.807, 2.05) is 0 Å². The second-order valence-corrected chi connectivity index (χ2v) is 8.80. The molecular weight excluding hydrogens is 397 g/mol. The molecule has 5 nitrogen and oxygen atoms in total. The van der Waals surface area contributed by atoms with Crippen molar-refractivity contribution in [3.8, 4) is 0 Å². The maximum Gasteiger partial charge on any atom is 0.240 e. The Labute approximate surface area is 181 Å². The molecule has 0 aromatic heterocycles. The first kappa shape index (κ1) is 25.0. The molecule has 28 heavy (non-hydrogen) atoms. The van der Waals surface area contributed by atoms with Gasteiger partial charge in [-0.15, -0.1) is 24.8 Å². The van der Waals surface area contributed by atoms with E-state index in [0.717, 1.165) is 25.9 Å². The molecule has 0 aliphatic carbocycles. The van der Waals surface area contributed by atoms with Gasteiger partial charge in [0.25, 0.3) is 0 Å². The summed E-state index contributed by atoms with van der Waals surface area (Å²) in [6.45, 7) is 9.78. The van der Waals surface area contributed by atoms with Crippen LogP contribution in [0.1, 0.15) is 52.0 Å². The van der Waals surface area contributed by atoms with Gasteiger partial charge in [-0.2, -0.15) is 0 Å². The summed E-state index contributed by atoms with van der Waals surface area (Å²) in [5.41, 5.74) is 8.33. The maximum absolute atomic E-state index is 12.6. The molecule has 1 amide bonds.